The Morgan fingerprint density at radius 3 is 2.53 bits per heavy atom. The van der Waals surface area contributed by atoms with Gasteiger partial charge in [-0.2, -0.15) is 0 Å². The highest BCUT2D eigenvalue weighted by Crippen LogP contribution is 2.24. The Kier molecular flexibility index (Phi) is 4.26. The number of nitrogens with one attached hydrogen (secondary N) is 1. The first kappa shape index (κ1) is 13.7. The first-order valence-electron chi connectivity index (χ1n) is 5.39. The summed E-state index contributed by atoms with van der Waals surface area (Å²) in [6.07, 6.45) is 1.47. The Balaban J connectivity index is 0.00000144. The van der Waals surface area contributed by atoms with Crippen molar-refractivity contribution in [2.24, 2.45) is 5.73 Å². The van der Waals surface area contributed by atoms with Crippen LogP contribution in [0.2, 0.25) is 0 Å². The van der Waals surface area contributed by atoms with Crippen LogP contribution in [0.1, 0.15) is 38.8 Å². The average Bonchev–Trinajstić information content (AvgIpc) is 2.55. The van der Waals surface area contributed by atoms with E-state index in [4.69, 9.17) is 5.73 Å². The van der Waals surface area contributed by atoms with Crippen molar-refractivity contribution in [1.82, 2.24) is 5.32 Å². The molecule has 0 fully saturated rings. The van der Waals surface area contributed by atoms with Gasteiger partial charge in [0.25, 0.3) is 11.8 Å². The van der Waals surface area contributed by atoms with Crippen LogP contribution in [0.15, 0.2) is 12.1 Å². The molecular weight excluding hydrogens is 240 g/mol. The number of fused-ring (bicyclic) bond motifs is 1. The van der Waals surface area contributed by atoms with E-state index in [9.17, 15) is 9.59 Å². The number of hydrogen-bond acceptors (Lipinski definition) is 3. The summed E-state index contributed by atoms with van der Waals surface area (Å²) in [5.74, 6) is -0.579. The summed E-state index contributed by atoms with van der Waals surface area (Å²) in [5, 5.41) is 2.32. The van der Waals surface area contributed by atoms with Crippen molar-refractivity contribution < 1.29 is 9.59 Å². The molecule has 3 N–H and O–H groups in total. The summed E-state index contributed by atoms with van der Waals surface area (Å²) in [7, 11) is 0. The molecule has 2 rings (SSSR count). The van der Waals surface area contributed by atoms with Crippen LogP contribution in [0.4, 0.5) is 0 Å². The third-order valence-electron chi connectivity index (χ3n) is 2.88. The van der Waals surface area contributed by atoms with E-state index in [2.05, 4.69) is 5.32 Å². The molecule has 0 saturated carbocycles. The zero-order valence-corrected chi connectivity index (χ0v) is 10.4. The van der Waals surface area contributed by atoms with Crippen LogP contribution >= 0.6 is 12.4 Å². The molecule has 1 aromatic carbocycles. The largest absolute Gasteiger partial charge is 0.330 e. The maximum atomic E-state index is 11.6. The van der Waals surface area contributed by atoms with E-state index in [1.165, 1.54) is 0 Å². The van der Waals surface area contributed by atoms with Crippen molar-refractivity contribution >= 4 is 24.2 Å². The van der Waals surface area contributed by atoms with Gasteiger partial charge in [0.05, 0.1) is 11.1 Å². The predicted molar refractivity (Wildman–Crippen MR) is 67.6 cm³/mol. The van der Waals surface area contributed by atoms with Gasteiger partial charge in [-0.05, 0) is 36.6 Å². The second kappa shape index (κ2) is 5.29. The lowest BCUT2D eigenvalue weighted by atomic mass is 9.94. The van der Waals surface area contributed by atoms with Crippen LogP contribution in [0.3, 0.4) is 0 Å². The molecule has 0 atom stereocenters. The van der Waals surface area contributed by atoms with Crippen molar-refractivity contribution in [2.45, 2.75) is 19.8 Å². The lowest BCUT2D eigenvalue weighted by Gasteiger charge is -2.09. The number of nitrogens with two attached hydrogens (primary N) is 1. The van der Waals surface area contributed by atoms with E-state index in [1.807, 2.05) is 13.0 Å². The standard InChI is InChI=1S/C12H14N2O2.ClH/c1-2-8-7(5-6-13)3-4-9-10(8)12(16)14-11(9)15;/h3-4H,2,5-6,13H2,1H3,(H,14,15,16);1H. The van der Waals surface area contributed by atoms with Crippen LogP contribution < -0.4 is 11.1 Å². The molecule has 1 heterocycles. The van der Waals surface area contributed by atoms with Gasteiger partial charge >= 0.3 is 0 Å². The van der Waals surface area contributed by atoms with Crippen LogP contribution in [0.25, 0.3) is 0 Å². The molecule has 5 heteroatoms. The Morgan fingerprint density at radius 2 is 1.94 bits per heavy atom. The van der Waals surface area contributed by atoms with Gasteiger partial charge in [0, 0.05) is 0 Å². The van der Waals surface area contributed by atoms with Crippen LogP contribution in [-0.4, -0.2) is 18.4 Å². The van der Waals surface area contributed by atoms with Crippen molar-refractivity contribution in [3.8, 4) is 0 Å². The van der Waals surface area contributed by atoms with Gasteiger partial charge in [0.1, 0.15) is 0 Å². The Bertz CT molecular complexity index is 472. The van der Waals surface area contributed by atoms with E-state index < -0.39 is 0 Å². The van der Waals surface area contributed by atoms with Crippen LogP contribution in [0, 0.1) is 0 Å². The van der Waals surface area contributed by atoms with Crippen molar-refractivity contribution in [3.63, 3.8) is 0 Å². The number of rotatable bonds is 3. The van der Waals surface area contributed by atoms with Crippen LogP contribution in [-0.2, 0) is 12.8 Å². The van der Waals surface area contributed by atoms with E-state index >= 15 is 0 Å². The summed E-state index contributed by atoms with van der Waals surface area (Å²) in [6.45, 7) is 2.52. The summed E-state index contributed by atoms with van der Waals surface area (Å²) in [4.78, 5) is 23.1. The highest BCUT2D eigenvalue weighted by Gasteiger charge is 2.29. The molecule has 0 bridgehead atoms. The Hall–Kier alpha value is -1.39. The fourth-order valence-corrected chi connectivity index (χ4v) is 2.17. The number of carbonyl (C=O) groups is 2. The summed E-state index contributed by atoms with van der Waals surface area (Å²) >= 11 is 0. The van der Waals surface area contributed by atoms with E-state index in [1.54, 1.807) is 6.07 Å². The maximum Gasteiger partial charge on any atom is 0.259 e. The van der Waals surface area contributed by atoms with Gasteiger partial charge in [0.2, 0.25) is 0 Å². The van der Waals surface area contributed by atoms with Gasteiger partial charge in [-0.3, -0.25) is 14.9 Å². The normalized spacial score (nSPS) is 13.1. The zero-order chi connectivity index (χ0) is 11.7. The molecule has 1 aromatic rings. The quantitative estimate of drug-likeness (QED) is 0.792. The van der Waals surface area contributed by atoms with Crippen LogP contribution in [0.5, 0.6) is 0 Å². The minimum atomic E-state index is -0.297. The number of carbonyl (C=O) groups excluding carboxylic acids is 2. The Labute approximate surface area is 106 Å². The molecule has 0 aromatic heterocycles. The fraction of sp³-hybridized carbons (Fsp3) is 0.333. The second-order valence-corrected chi connectivity index (χ2v) is 3.80. The molecular formula is C12H15ClN2O2. The topological polar surface area (TPSA) is 72.2 Å². The smallest absolute Gasteiger partial charge is 0.259 e. The summed E-state index contributed by atoms with van der Waals surface area (Å²) in [6, 6.07) is 3.60. The summed E-state index contributed by atoms with van der Waals surface area (Å²) < 4.78 is 0. The van der Waals surface area contributed by atoms with E-state index in [0.717, 1.165) is 24.0 Å². The first-order chi connectivity index (χ1) is 7.69. The van der Waals surface area contributed by atoms with Gasteiger partial charge in [-0.1, -0.05) is 13.0 Å². The maximum absolute atomic E-state index is 11.6. The lowest BCUT2D eigenvalue weighted by molar-refractivity contribution is 0.0879. The molecule has 2 amide bonds. The highest BCUT2D eigenvalue weighted by molar-refractivity contribution is 6.22. The first-order valence-corrected chi connectivity index (χ1v) is 5.39. The monoisotopic (exact) mass is 254 g/mol. The third-order valence-corrected chi connectivity index (χ3v) is 2.88. The Morgan fingerprint density at radius 1 is 1.24 bits per heavy atom. The van der Waals surface area contributed by atoms with Gasteiger partial charge < -0.3 is 5.73 Å². The molecule has 92 valence electrons. The SMILES string of the molecule is CCc1c(CCN)ccc2c1C(=O)NC2=O.Cl. The van der Waals surface area contributed by atoms with Gasteiger partial charge in [-0.15, -0.1) is 12.4 Å². The number of amides is 2. The van der Waals surface area contributed by atoms with Crippen molar-refractivity contribution in [1.29, 1.82) is 0 Å². The molecule has 1 aliphatic rings. The average molecular weight is 255 g/mol. The fourth-order valence-electron chi connectivity index (χ4n) is 2.17. The molecule has 17 heavy (non-hydrogen) atoms. The van der Waals surface area contributed by atoms with Gasteiger partial charge in [-0.25, -0.2) is 0 Å². The number of benzene rings is 1. The van der Waals surface area contributed by atoms with E-state index in [0.29, 0.717) is 17.7 Å². The minimum Gasteiger partial charge on any atom is -0.330 e. The molecule has 0 unspecified atom stereocenters. The number of halogens is 1. The molecule has 0 aliphatic carbocycles. The summed E-state index contributed by atoms with van der Waals surface area (Å²) in [5.41, 5.74) is 8.57. The van der Waals surface area contributed by atoms with Crippen molar-refractivity contribution in [2.75, 3.05) is 6.54 Å². The molecule has 4 nitrogen and oxygen atoms in total. The minimum absolute atomic E-state index is 0. The number of hydrogen-bond donors (Lipinski definition) is 2. The molecule has 0 radical (unpaired) electrons. The molecule has 1 aliphatic heterocycles. The number of imide groups is 1. The predicted octanol–water partition coefficient (Wildman–Crippen LogP) is 1.06. The highest BCUT2D eigenvalue weighted by atomic mass is 35.5. The van der Waals surface area contributed by atoms with E-state index in [-0.39, 0.29) is 24.2 Å². The zero-order valence-electron chi connectivity index (χ0n) is 9.58. The second-order valence-electron chi connectivity index (χ2n) is 3.80. The van der Waals surface area contributed by atoms with Crippen molar-refractivity contribution in [3.05, 3.63) is 34.4 Å². The van der Waals surface area contributed by atoms with Gasteiger partial charge in [0.15, 0.2) is 0 Å². The molecule has 0 spiro atoms. The lowest BCUT2D eigenvalue weighted by Crippen LogP contribution is -2.20. The third kappa shape index (κ3) is 2.18. The molecule has 0 saturated heterocycles.